The fraction of sp³-hybridized carbons (Fsp3) is 0.375. The number of piperazine rings is 1. The van der Waals surface area contributed by atoms with E-state index in [1.807, 2.05) is 0 Å². The molecule has 0 unspecified atom stereocenters. The summed E-state index contributed by atoms with van der Waals surface area (Å²) < 4.78 is 0. The third-order valence-corrected chi connectivity index (χ3v) is 5.84. The van der Waals surface area contributed by atoms with Gasteiger partial charge in [0.1, 0.15) is 0 Å². The second-order valence-corrected chi connectivity index (χ2v) is 8.08. The van der Waals surface area contributed by atoms with Gasteiger partial charge in [0.15, 0.2) is 5.69 Å². The van der Waals surface area contributed by atoms with E-state index in [0.717, 1.165) is 45.6 Å². The summed E-state index contributed by atoms with van der Waals surface area (Å²) in [7, 11) is 0. The minimum absolute atomic E-state index is 0.251. The fourth-order valence-electron chi connectivity index (χ4n) is 4.09. The van der Waals surface area contributed by atoms with Crippen LogP contribution >= 0.6 is 0 Å². The number of anilines is 1. The fourth-order valence-corrected chi connectivity index (χ4v) is 4.09. The van der Waals surface area contributed by atoms with Gasteiger partial charge in [-0.3, -0.25) is 14.5 Å². The lowest BCUT2D eigenvalue weighted by atomic mass is 10.1. The number of rotatable bonds is 7. The molecule has 1 saturated heterocycles. The molecule has 31 heavy (non-hydrogen) atoms. The predicted molar refractivity (Wildman–Crippen MR) is 124 cm³/mol. The first-order valence-electron chi connectivity index (χ1n) is 10.9. The number of hydrogen-bond donors (Lipinski definition) is 2. The lowest BCUT2D eigenvalue weighted by molar-refractivity contribution is 0.0948. The molecule has 7 heteroatoms. The van der Waals surface area contributed by atoms with E-state index in [1.165, 1.54) is 11.3 Å². The molecule has 7 nitrogen and oxygen atoms in total. The number of unbranched alkanes of at least 4 members (excludes halogenated alkanes) is 1. The number of carbonyl (C=O) groups is 1. The molecule has 3 aromatic rings. The molecule has 4 rings (SSSR count). The highest BCUT2D eigenvalue weighted by molar-refractivity contribution is 6.04. The number of amides is 1. The van der Waals surface area contributed by atoms with Gasteiger partial charge in [-0.15, -0.1) is 0 Å². The number of benzene rings is 2. The standard InChI is InChI=1S/C24H29N5O2/c1-18-7-6-8-19(17-18)29-15-13-28(14-16-29)12-5-4-11-25-24(31)22-20-9-2-3-10-21(20)23(30)27-26-22/h2-3,6-10,17H,4-5,11-16H2,1H3,(H,25,31)(H,27,30). The summed E-state index contributed by atoms with van der Waals surface area (Å²) in [6.07, 6.45) is 1.94. The van der Waals surface area contributed by atoms with Gasteiger partial charge in [0.2, 0.25) is 0 Å². The summed E-state index contributed by atoms with van der Waals surface area (Å²) >= 11 is 0. The van der Waals surface area contributed by atoms with Crippen LogP contribution < -0.4 is 15.8 Å². The highest BCUT2D eigenvalue weighted by Crippen LogP contribution is 2.18. The minimum Gasteiger partial charge on any atom is -0.369 e. The summed E-state index contributed by atoms with van der Waals surface area (Å²) in [6, 6.07) is 15.7. The van der Waals surface area contributed by atoms with Crippen molar-refractivity contribution in [2.45, 2.75) is 19.8 Å². The van der Waals surface area contributed by atoms with Crippen LogP contribution in [0, 0.1) is 6.92 Å². The van der Waals surface area contributed by atoms with Crippen molar-refractivity contribution in [1.82, 2.24) is 20.4 Å². The van der Waals surface area contributed by atoms with Crippen molar-refractivity contribution >= 4 is 22.4 Å². The maximum atomic E-state index is 12.5. The molecule has 0 saturated carbocycles. The van der Waals surface area contributed by atoms with Gasteiger partial charge in [-0.25, -0.2) is 5.10 Å². The van der Waals surface area contributed by atoms with E-state index in [2.05, 4.69) is 56.5 Å². The van der Waals surface area contributed by atoms with Crippen molar-refractivity contribution in [3.63, 3.8) is 0 Å². The maximum absolute atomic E-state index is 12.5. The van der Waals surface area contributed by atoms with Crippen LogP contribution in [-0.2, 0) is 0 Å². The van der Waals surface area contributed by atoms with Crippen molar-refractivity contribution in [3.8, 4) is 0 Å². The molecule has 0 radical (unpaired) electrons. The number of aromatic nitrogens is 2. The van der Waals surface area contributed by atoms with Crippen LogP contribution in [0.25, 0.3) is 10.8 Å². The molecule has 1 aromatic heterocycles. The molecule has 0 atom stereocenters. The molecule has 2 aromatic carbocycles. The Morgan fingerprint density at radius 1 is 1.03 bits per heavy atom. The van der Waals surface area contributed by atoms with E-state index in [1.54, 1.807) is 24.3 Å². The molecule has 2 N–H and O–H groups in total. The molecule has 2 heterocycles. The molecular formula is C24H29N5O2. The van der Waals surface area contributed by atoms with Gasteiger partial charge in [0, 0.05) is 43.8 Å². The monoisotopic (exact) mass is 419 g/mol. The number of fused-ring (bicyclic) bond motifs is 1. The van der Waals surface area contributed by atoms with Gasteiger partial charge in [-0.1, -0.05) is 30.3 Å². The van der Waals surface area contributed by atoms with E-state index in [4.69, 9.17) is 0 Å². The van der Waals surface area contributed by atoms with E-state index in [-0.39, 0.29) is 17.2 Å². The molecule has 0 bridgehead atoms. The Morgan fingerprint density at radius 2 is 1.81 bits per heavy atom. The molecule has 1 fully saturated rings. The number of nitrogens with zero attached hydrogens (tertiary/aromatic N) is 3. The van der Waals surface area contributed by atoms with Gasteiger partial charge < -0.3 is 10.2 Å². The lowest BCUT2D eigenvalue weighted by Crippen LogP contribution is -2.46. The number of hydrogen-bond acceptors (Lipinski definition) is 5. The van der Waals surface area contributed by atoms with Crippen LogP contribution in [0.15, 0.2) is 53.3 Å². The lowest BCUT2D eigenvalue weighted by Gasteiger charge is -2.36. The van der Waals surface area contributed by atoms with Crippen molar-refractivity contribution in [3.05, 3.63) is 70.1 Å². The average molecular weight is 420 g/mol. The second-order valence-electron chi connectivity index (χ2n) is 8.08. The van der Waals surface area contributed by atoms with Gasteiger partial charge in [-0.2, -0.15) is 5.10 Å². The Morgan fingerprint density at radius 3 is 2.58 bits per heavy atom. The van der Waals surface area contributed by atoms with Gasteiger partial charge in [0.25, 0.3) is 11.5 Å². The number of carbonyl (C=O) groups excluding carboxylic acids is 1. The van der Waals surface area contributed by atoms with Crippen LogP contribution in [0.1, 0.15) is 28.9 Å². The summed E-state index contributed by atoms with van der Waals surface area (Å²) in [4.78, 5) is 29.3. The van der Waals surface area contributed by atoms with Gasteiger partial charge in [-0.05, 0) is 50.1 Å². The van der Waals surface area contributed by atoms with Crippen LogP contribution in [0.2, 0.25) is 0 Å². The number of aromatic amines is 1. The highest BCUT2D eigenvalue weighted by atomic mass is 16.2. The third-order valence-electron chi connectivity index (χ3n) is 5.84. The Kier molecular flexibility index (Phi) is 6.62. The minimum atomic E-state index is -0.283. The smallest absolute Gasteiger partial charge is 0.272 e. The Labute approximate surface area is 182 Å². The van der Waals surface area contributed by atoms with Crippen LogP contribution in [0.5, 0.6) is 0 Å². The normalized spacial score (nSPS) is 14.7. The first kappa shape index (κ1) is 21.1. The van der Waals surface area contributed by atoms with Crippen molar-refractivity contribution in [2.75, 3.05) is 44.2 Å². The van der Waals surface area contributed by atoms with Crippen LogP contribution in [0.4, 0.5) is 5.69 Å². The zero-order valence-corrected chi connectivity index (χ0v) is 17.9. The summed E-state index contributed by atoms with van der Waals surface area (Å²) in [5.41, 5.74) is 2.59. The largest absolute Gasteiger partial charge is 0.369 e. The van der Waals surface area contributed by atoms with E-state index in [9.17, 15) is 9.59 Å². The van der Waals surface area contributed by atoms with Crippen molar-refractivity contribution in [1.29, 1.82) is 0 Å². The molecular weight excluding hydrogens is 390 g/mol. The quantitative estimate of drug-likeness (QED) is 0.576. The molecule has 0 spiro atoms. The summed E-state index contributed by atoms with van der Waals surface area (Å²) in [5.74, 6) is -0.251. The zero-order chi connectivity index (χ0) is 21.6. The first-order valence-corrected chi connectivity index (χ1v) is 10.9. The van der Waals surface area contributed by atoms with Crippen molar-refractivity contribution in [2.24, 2.45) is 0 Å². The topological polar surface area (TPSA) is 81.3 Å². The second kappa shape index (κ2) is 9.75. The Bertz CT molecular complexity index is 1100. The number of aryl methyl sites for hydroxylation is 1. The molecule has 162 valence electrons. The zero-order valence-electron chi connectivity index (χ0n) is 17.9. The summed E-state index contributed by atoms with van der Waals surface area (Å²) in [5, 5.41) is 10.4. The Balaban J connectivity index is 1.19. The van der Waals surface area contributed by atoms with Crippen LogP contribution in [0.3, 0.4) is 0 Å². The number of nitrogens with one attached hydrogen (secondary N) is 2. The third kappa shape index (κ3) is 5.11. The SMILES string of the molecule is Cc1cccc(N2CCN(CCCCNC(=O)c3n[nH]c(=O)c4ccccc34)CC2)c1. The molecule has 1 aliphatic heterocycles. The van der Waals surface area contributed by atoms with Crippen molar-refractivity contribution < 1.29 is 4.79 Å². The summed E-state index contributed by atoms with van der Waals surface area (Å²) in [6.45, 7) is 7.99. The van der Waals surface area contributed by atoms with Gasteiger partial charge >= 0.3 is 0 Å². The maximum Gasteiger partial charge on any atom is 0.272 e. The average Bonchev–Trinajstić information content (AvgIpc) is 2.79. The number of H-pyrrole nitrogens is 1. The van der Waals surface area contributed by atoms with E-state index in [0.29, 0.717) is 17.3 Å². The van der Waals surface area contributed by atoms with E-state index >= 15 is 0 Å². The molecule has 1 aliphatic rings. The van der Waals surface area contributed by atoms with Crippen LogP contribution in [-0.4, -0.2) is 60.3 Å². The van der Waals surface area contributed by atoms with E-state index < -0.39 is 0 Å². The molecule has 1 amide bonds. The Hall–Kier alpha value is -3.19. The van der Waals surface area contributed by atoms with Gasteiger partial charge in [0.05, 0.1) is 5.39 Å². The molecule has 0 aliphatic carbocycles. The first-order chi connectivity index (χ1) is 15.1. The highest BCUT2D eigenvalue weighted by Gasteiger charge is 2.17. The predicted octanol–water partition coefficient (Wildman–Crippen LogP) is 2.56.